The summed E-state index contributed by atoms with van der Waals surface area (Å²) >= 11 is 1.48. The van der Waals surface area contributed by atoms with Gasteiger partial charge in [-0.3, -0.25) is 4.79 Å². The van der Waals surface area contributed by atoms with Crippen LogP contribution in [0.4, 0.5) is 0 Å². The predicted molar refractivity (Wildman–Crippen MR) is 68.3 cm³/mol. The minimum Gasteiger partial charge on any atom is -0.346 e. The fraction of sp³-hybridized carbons (Fsp3) is 0.333. The van der Waals surface area contributed by atoms with Crippen LogP contribution < -0.4 is 5.32 Å². The lowest BCUT2D eigenvalue weighted by molar-refractivity contribution is 0.0951. The monoisotopic (exact) mass is 273 g/mol. The number of hydrogen-bond donors (Lipinski definition) is 1. The zero-order chi connectivity index (χ0) is 13.3. The first kappa shape index (κ1) is 11.9. The SMILES string of the molecule is N#CC1(n2cc(CNC(=O)c3ccsc3)nn2)CC1. The van der Waals surface area contributed by atoms with Crippen molar-refractivity contribution >= 4 is 17.2 Å². The number of rotatable bonds is 4. The molecule has 6 nitrogen and oxygen atoms in total. The molecule has 0 spiro atoms. The average Bonchev–Trinajstić information content (AvgIpc) is 2.86. The molecule has 1 aliphatic carbocycles. The molecule has 1 fully saturated rings. The number of hydrogen-bond acceptors (Lipinski definition) is 5. The summed E-state index contributed by atoms with van der Waals surface area (Å²) in [5.74, 6) is -0.128. The Morgan fingerprint density at radius 2 is 2.47 bits per heavy atom. The van der Waals surface area contributed by atoms with Crippen molar-refractivity contribution in [2.24, 2.45) is 0 Å². The number of nitrogens with zero attached hydrogens (tertiary/aromatic N) is 4. The molecule has 0 saturated heterocycles. The number of thiophene rings is 1. The van der Waals surface area contributed by atoms with Gasteiger partial charge in [0.15, 0.2) is 5.54 Å². The van der Waals surface area contributed by atoms with E-state index in [2.05, 4.69) is 21.7 Å². The Labute approximate surface area is 113 Å². The molecule has 1 saturated carbocycles. The molecule has 0 atom stereocenters. The van der Waals surface area contributed by atoms with Gasteiger partial charge in [-0.15, -0.1) is 5.10 Å². The lowest BCUT2D eigenvalue weighted by Gasteiger charge is -2.03. The van der Waals surface area contributed by atoms with E-state index in [1.54, 1.807) is 22.3 Å². The topological polar surface area (TPSA) is 83.6 Å². The van der Waals surface area contributed by atoms with Gasteiger partial charge in [0.2, 0.25) is 0 Å². The average molecular weight is 273 g/mol. The Bertz CT molecular complexity index is 635. The van der Waals surface area contributed by atoms with Crippen molar-refractivity contribution in [3.05, 3.63) is 34.3 Å². The fourth-order valence-electron chi connectivity index (χ4n) is 1.77. The molecule has 0 aliphatic heterocycles. The van der Waals surface area contributed by atoms with Crippen LogP contribution in [0.3, 0.4) is 0 Å². The van der Waals surface area contributed by atoms with Gasteiger partial charge in [0.1, 0.15) is 5.69 Å². The smallest absolute Gasteiger partial charge is 0.252 e. The number of nitrogens with one attached hydrogen (secondary N) is 1. The highest BCUT2D eigenvalue weighted by Gasteiger charge is 2.46. The van der Waals surface area contributed by atoms with Crippen molar-refractivity contribution in [2.75, 3.05) is 0 Å². The van der Waals surface area contributed by atoms with Crippen molar-refractivity contribution in [2.45, 2.75) is 24.9 Å². The normalized spacial score (nSPS) is 15.7. The van der Waals surface area contributed by atoms with E-state index >= 15 is 0 Å². The van der Waals surface area contributed by atoms with Crippen molar-refractivity contribution in [3.8, 4) is 6.07 Å². The van der Waals surface area contributed by atoms with E-state index in [0.29, 0.717) is 17.8 Å². The van der Waals surface area contributed by atoms with Gasteiger partial charge in [0.25, 0.3) is 5.91 Å². The van der Waals surface area contributed by atoms with Crippen molar-refractivity contribution in [1.29, 1.82) is 5.26 Å². The van der Waals surface area contributed by atoms with E-state index in [1.165, 1.54) is 11.3 Å². The second-order valence-electron chi connectivity index (χ2n) is 4.49. The van der Waals surface area contributed by atoms with Gasteiger partial charge in [-0.25, -0.2) is 4.68 Å². The van der Waals surface area contributed by atoms with Crippen LogP contribution in [0.1, 0.15) is 28.9 Å². The molecule has 0 aromatic carbocycles. The first-order chi connectivity index (χ1) is 9.23. The molecule has 3 rings (SSSR count). The van der Waals surface area contributed by atoms with Crippen LogP contribution in [0.5, 0.6) is 0 Å². The van der Waals surface area contributed by atoms with Crippen LogP contribution in [0.25, 0.3) is 0 Å². The van der Waals surface area contributed by atoms with Crippen molar-refractivity contribution in [1.82, 2.24) is 20.3 Å². The van der Waals surface area contributed by atoms with E-state index in [9.17, 15) is 4.79 Å². The summed E-state index contributed by atoms with van der Waals surface area (Å²) in [5.41, 5.74) is 0.806. The second-order valence-corrected chi connectivity index (χ2v) is 5.27. The van der Waals surface area contributed by atoms with Crippen LogP contribution in [0, 0.1) is 11.3 Å². The van der Waals surface area contributed by atoms with Crippen LogP contribution in [0.2, 0.25) is 0 Å². The number of carbonyl (C=O) groups excluding carboxylic acids is 1. The summed E-state index contributed by atoms with van der Waals surface area (Å²) in [6.07, 6.45) is 3.35. The Morgan fingerprint density at radius 1 is 1.63 bits per heavy atom. The molecule has 2 aromatic rings. The first-order valence-corrected chi connectivity index (χ1v) is 6.81. The van der Waals surface area contributed by atoms with Crippen LogP contribution in [-0.4, -0.2) is 20.9 Å². The lowest BCUT2D eigenvalue weighted by Crippen LogP contribution is -2.22. The van der Waals surface area contributed by atoms with Gasteiger partial charge in [-0.05, 0) is 24.3 Å². The van der Waals surface area contributed by atoms with E-state index in [4.69, 9.17) is 5.26 Å². The third-order valence-corrected chi connectivity index (χ3v) is 3.81. The summed E-state index contributed by atoms with van der Waals surface area (Å²) in [5, 5.41) is 23.4. The van der Waals surface area contributed by atoms with Crippen LogP contribution in [0.15, 0.2) is 23.0 Å². The van der Waals surface area contributed by atoms with Gasteiger partial charge >= 0.3 is 0 Å². The molecule has 19 heavy (non-hydrogen) atoms. The quantitative estimate of drug-likeness (QED) is 0.909. The van der Waals surface area contributed by atoms with Crippen molar-refractivity contribution in [3.63, 3.8) is 0 Å². The highest BCUT2D eigenvalue weighted by Crippen LogP contribution is 2.41. The Morgan fingerprint density at radius 3 is 3.11 bits per heavy atom. The first-order valence-electron chi connectivity index (χ1n) is 5.87. The molecule has 0 unspecified atom stereocenters. The third kappa shape index (κ3) is 2.22. The molecule has 2 aromatic heterocycles. The number of aromatic nitrogens is 3. The van der Waals surface area contributed by atoms with Crippen molar-refractivity contribution < 1.29 is 4.79 Å². The fourth-order valence-corrected chi connectivity index (χ4v) is 2.40. The molecule has 7 heteroatoms. The van der Waals surface area contributed by atoms with Crippen LogP contribution in [-0.2, 0) is 12.1 Å². The van der Waals surface area contributed by atoms with Gasteiger partial charge in [0.05, 0.1) is 18.8 Å². The molecule has 96 valence electrons. The van der Waals surface area contributed by atoms with Gasteiger partial charge in [0, 0.05) is 10.9 Å². The van der Waals surface area contributed by atoms with Gasteiger partial charge in [-0.1, -0.05) is 5.21 Å². The molecular formula is C12H11N5OS. The van der Waals surface area contributed by atoms with Gasteiger partial charge < -0.3 is 5.32 Å². The minimum atomic E-state index is -0.497. The summed E-state index contributed by atoms with van der Waals surface area (Å²) in [6.45, 7) is 0.316. The molecule has 0 radical (unpaired) electrons. The summed E-state index contributed by atoms with van der Waals surface area (Å²) in [4.78, 5) is 11.7. The van der Waals surface area contributed by atoms with E-state index in [1.807, 2.05) is 5.38 Å². The zero-order valence-electron chi connectivity index (χ0n) is 10.0. The highest BCUT2D eigenvalue weighted by atomic mass is 32.1. The summed E-state index contributed by atoms with van der Waals surface area (Å²) in [6, 6.07) is 4.01. The largest absolute Gasteiger partial charge is 0.346 e. The Hall–Kier alpha value is -2.20. The summed E-state index contributed by atoms with van der Waals surface area (Å²) < 4.78 is 1.60. The molecule has 1 amide bonds. The van der Waals surface area contributed by atoms with Gasteiger partial charge in [-0.2, -0.15) is 16.6 Å². The minimum absolute atomic E-state index is 0.128. The number of carbonyl (C=O) groups is 1. The molecule has 1 aliphatic rings. The standard InChI is InChI=1S/C12H11N5OS/c13-8-12(2-3-12)17-6-10(15-16-17)5-14-11(18)9-1-4-19-7-9/h1,4,6-7H,2-3,5H2,(H,14,18). The number of amides is 1. The second kappa shape index (κ2) is 4.48. The van der Waals surface area contributed by atoms with E-state index in [-0.39, 0.29) is 5.91 Å². The zero-order valence-corrected chi connectivity index (χ0v) is 10.9. The van der Waals surface area contributed by atoms with E-state index in [0.717, 1.165) is 12.8 Å². The maximum atomic E-state index is 11.7. The molecular weight excluding hydrogens is 262 g/mol. The lowest BCUT2D eigenvalue weighted by atomic mass is 10.3. The molecule has 0 bridgehead atoms. The molecule has 2 heterocycles. The Kier molecular flexibility index (Phi) is 2.80. The third-order valence-electron chi connectivity index (χ3n) is 3.12. The Balaban J connectivity index is 1.62. The van der Waals surface area contributed by atoms with Crippen LogP contribution >= 0.6 is 11.3 Å². The summed E-state index contributed by atoms with van der Waals surface area (Å²) in [7, 11) is 0. The number of nitriles is 1. The maximum absolute atomic E-state index is 11.7. The maximum Gasteiger partial charge on any atom is 0.252 e. The molecule has 1 N–H and O–H groups in total. The highest BCUT2D eigenvalue weighted by molar-refractivity contribution is 7.08. The van der Waals surface area contributed by atoms with E-state index < -0.39 is 5.54 Å². The predicted octanol–water partition coefficient (Wildman–Crippen LogP) is 1.28.